The van der Waals surface area contributed by atoms with Crippen molar-refractivity contribution in [2.24, 2.45) is 0 Å². The van der Waals surface area contributed by atoms with Gasteiger partial charge in [-0.15, -0.1) is 0 Å². The molecule has 0 aliphatic heterocycles. The van der Waals surface area contributed by atoms with Gasteiger partial charge in [0.25, 0.3) is 0 Å². The van der Waals surface area contributed by atoms with Gasteiger partial charge in [-0.05, 0) is 25.7 Å². The monoisotopic (exact) mass is 583 g/mol. The first-order chi connectivity index (χ1) is 20.2. The number of hydrogen-bond donors (Lipinski definition) is 2. The van der Waals surface area contributed by atoms with E-state index in [-0.39, 0.29) is 12.2 Å². The summed E-state index contributed by atoms with van der Waals surface area (Å²) in [5.41, 5.74) is 0. The van der Waals surface area contributed by atoms with Crippen LogP contribution in [0.1, 0.15) is 219 Å². The van der Waals surface area contributed by atoms with E-state index >= 15 is 0 Å². The maximum atomic E-state index is 10.2. The molecule has 0 spiro atoms. The molecular weight excluding hydrogens is 504 g/mol. The highest BCUT2D eigenvalue weighted by Gasteiger charge is 2.07. The average Bonchev–Trinajstić information content (AvgIpc) is 2.97. The van der Waals surface area contributed by atoms with E-state index in [1.807, 2.05) is 0 Å². The van der Waals surface area contributed by atoms with Gasteiger partial charge in [0.05, 0.1) is 12.2 Å². The summed E-state index contributed by atoms with van der Waals surface area (Å²) in [5.74, 6) is 0. The third kappa shape index (κ3) is 36.0. The molecule has 2 unspecified atom stereocenters. The van der Waals surface area contributed by atoms with E-state index in [9.17, 15) is 10.2 Å². The van der Waals surface area contributed by atoms with Crippen molar-refractivity contribution in [1.82, 2.24) is 0 Å². The van der Waals surface area contributed by atoms with Crippen LogP contribution in [0.5, 0.6) is 0 Å². The van der Waals surface area contributed by atoms with Crippen molar-refractivity contribution in [3.05, 3.63) is 0 Å². The molecule has 0 bridgehead atoms. The van der Waals surface area contributed by atoms with Crippen LogP contribution in [0.4, 0.5) is 0 Å². The predicted octanol–water partition coefficient (Wildman–Crippen LogP) is 12.2. The zero-order valence-electron chi connectivity index (χ0n) is 28.5. The normalized spacial score (nSPS) is 13.2. The molecule has 0 aromatic heterocycles. The van der Waals surface area contributed by atoms with Crippen LogP contribution in [0.3, 0.4) is 0 Å². The molecule has 0 aliphatic rings. The third-order valence-electron chi connectivity index (χ3n) is 8.97. The van der Waals surface area contributed by atoms with E-state index in [2.05, 4.69) is 13.8 Å². The molecule has 0 radical (unpaired) electrons. The molecule has 0 aromatic carbocycles. The summed E-state index contributed by atoms with van der Waals surface area (Å²) < 4.78 is 5.70. The van der Waals surface area contributed by atoms with Gasteiger partial charge < -0.3 is 14.9 Å². The van der Waals surface area contributed by atoms with Crippen LogP contribution in [0.25, 0.3) is 0 Å². The molecule has 0 amide bonds. The molecule has 41 heavy (non-hydrogen) atoms. The first kappa shape index (κ1) is 40.9. The van der Waals surface area contributed by atoms with Gasteiger partial charge in [0.15, 0.2) is 0 Å². The van der Waals surface area contributed by atoms with Gasteiger partial charge in [-0.25, -0.2) is 0 Å². The van der Waals surface area contributed by atoms with Crippen LogP contribution in [0, 0.1) is 0 Å². The van der Waals surface area contributed by atoms with E-state index in [0.29, 0.717) is 13.2 Å². The first-order valence-corrected chi connectivity index (χ1v) is 19.1. The Labute approximate surface area is 259 Å². The van der Waals surface area contributed by atoms with Crippen molar-refractivity contribution in [3.63, 3.8) is 0 Å². The molecule has 0 aromatic rings. The van der Waals surface area contributed by atoms with Crippen molar-refractivity contribution >= 4 is 0 Å². The number of hydrogen-bond acceptors (Lipinski definition) is 3. The molecule has 2 atom stereocenters. The summed E-state index contributed by atoms with van der Waals surface area (Å²) in [7, 11) is 0. The fourth-order valence-corrected chi connectivity index (χ4v) is 5.98. The zero-order valence-corrected chi connectivity index (χ0v) is 28.5. The van der Waals surface area contributed by atoms with Gasteiger partial charge in [-0.2, -0.15) is 0 Å². The van der Waals surface area contributed by atoms with Crippen molar-refractivity contribution in [1.29, 1.82) is 0 Å². The van der Waals surface area contributed by atoms with E-state index in [0.717, 1.165) is 38.5 Å². The van der Waals surface area contributed by atoms with Crippen LogP contribution >= 0.6 is 0 Å². The smallest absolute Gasteiger partial charge is 0.0562 e. The summed E-state index contributed by atoms with van der Waals surface area (Å²) in [4.78, 5) is 0. The lowest BCUT2D eigenvalue weighted by Gasteiger charge is -2.13. The second-order valence-corrected chi connectivity index (χ2v) is 13.3. The number of unbranched alkanes of at least 4 members (excludes halogenated alkanes) is 26. The Bertz CT molecular complexity index is 415. The van der Waals surface area contributed by atoms with E-state index in [1.54, 1.807) is 0 Å². The molecule has 0 fully saturated rings. The SMILES string of the molecule is CCCCCCCCCCCCCCCCC(O)CCOCCC(O)CCCCCCCCCCCCCCCC. The van der Waals surface area contributed by atoms with Crippen molar-refractivity contribution in [2.75, 3.05) is 13.2 Å². The third-order valence-corrected chi connectivity index (χ3v) is 8.97. The van der Waals surface area contributed by atoms with E-state index in [4.69, 9.17) is 4.74 Å². The van der Waals surface area contributed by atoms with Gasteiger partial charge >= 0.3 is 0 Å². The highest BCUT2D eigenvalue weighted by atomic mass is 16.5. The lowest BCUT2D eigenvalue weighted by Crippen LogP contribution is -2.14. The van der Waals surface area contributed by atoms with Gasteiger partial charge in [-0.3, -0.25) is 0 Å². The molecule has 2 N–H and O–H groups in total. The Morgan fingerprint density at radius 3 is 0.780 bits per heavy atom. The summed E-state index contributed by atoms with van der Waals surface area (Å²) in [6.07, 6.45) is 41.2. The number of aliphatic hydroxyl groups excluding tert-OH is 2. The fourth-order valence-electron chi connectivity index (χ4n) is 5.98. The Balaban J connectivity index is 3.25. The summed E-state index contributed by atoms with van der Waals surface area (Å²) in [5, 5.41) is 20.4. The Kier molecular flexibility index (Phi) is 36.0. The summed E-state index contributed by atoms with van der Waals surface area (Å²) in [6.45, 7) is 5.80. The van der Waals surface area contributed by atoms with Gasteiger partial charge in [0.2, 0.25) is 0 Å². The molecule has 248 valence electrons. The topological polar surface area (TPSA) is 49.7 Å². The second kappa shape index (κ2) is 36.1. The fraction of sp³-hybridized carbons (Fsp3) is 1.00. The average molecular weight is 583 g/mol. The zero-order chi connectivity index (χ0) is 29.9. The minimum Gasteiger partial charge on any atom is -0.393 e. The van der Waals surface area contributed by atoms with E-state index in [1.165, 1.54) is 167 Å². The highest BCUT2D eigenvalue weighted by Crippen LogP contribution is 2.16. The molecule has 0 saturated heterocycles. The van der Waals surface area contributed by atoms with Crippen LogP contribution in [0.15, 0.2) is 0 Å². The minimum atomic E-state index is -0.229. The summed E-state index contributed by atoms with van der Waals surface area (Å²) >= 11 is 0. The van der Waals surface area contributed by atoms with Crippen LogP contribution in [-0.4, -0.2) is 35.6 Å². The lowest BCUT2D eigenvalue weighted by atomic mass is 10.0. The molecule has 0 rings (SSSR count). The van der Waals surface area contributed by atoms with Crippen LogP contribution in [-0.2, 0) is 4.74 Å². The predicted molar refractivity (Wildman–Crippen MR) is 182 cm³/mol. The minimum absolute atomic E-state index is 0.229. The molecular formula is C38H78O3. The molecule has 0 saturated carbocycles. The summed E-state index contributed by atoms with van der Waals surface area (Å²) in [6, 6.07) is 0. The van der Waals surface area contributed by atoms with Gasteiger partial charge in [0, 0.05) is 13.2 Å². The van der Waals surface area contributed by atoms with Crippen molar-refractivity contribution < 1.29 is 14.9 Å². The van der Waals surface area contributed by atoms with Crippen LogP contribution < -0.4 is 0 Å². The Morgan fingerprint density at radius 1 is 0.317 bits per heavy atom. The molecule has 3 heteroatoms. The van der Waals surface area contributed by atoms with Crippen molar-refractivity contribution in [3.8, 4) is 0 Å². The highest BCUT2D eigenvalue weighted by molar-refractivity contribution is 4.59. The maximum Gasteiger partial charge on any atom is 0.0562 e. The molecule has 3 nitrogen and oxygen atoms in total. The lowest BCUT2D eigenvalue weighted by molar-refractivity contribution is 0.0522. The van der Waals surface area contributed by atoms with Crippen LogP contribution in [0.2, 0.25) is 0 Å². The largest absolute Gasteiger partial charge is 0.393 e. The number of ether oxygens (including phenoxy) is 1. The maximum absolute atomic E-state index is 10.2. The second-order valence-electron chi connectivity index (χ2n) is 13.3. The van der Waals surface area contributed by atoms with Crippen molar-refractivity contribution in [2.45, 2.75) is 232 Å². The standard InChI is InChI=1S/C38H78O3/c1-3-5-7-9-11-13-15-17-19-21-23-25-27-29-31-37(39)33-35-41-36-34-38(40)32-30-28-26-24-22-20-18-16-14-12-10-8-6-4-2/h37-40H,3-36H2,1-2H3. The quantitative estimate of drug-likeness (QED) is 0.0722. The Hall–Kier alpha value is -0.120. The van der Waals surface area contributed by atoms with Gasteiger partial charge in [-0.1, -0.05) is 194 Å². The molecule has 0 heterocycles. The molecule has 0 aliphatic carbocycles. The van der Waals surface area contributed by atoms with Gasteiger partial charge in [0.1, 0.15) is 0 Å². The Morgan fingerprint density at radius 2 is 0.537 bits per heavy atom. The first-order valence-electron chi connectivity index (χ1n) is 19.1. The number of rotatable bonds is 36. The van der Waals surface area contributed by atoms with E-state index < -0.39 is 0 Å². The number of aliphatic hydroxyl groups is 2.